The van der Waals surface area contributed by atoms with Gasteiger partial charge in [0.15, 0.2) is 0 Å². The zero-order chi connectivity index (χ0) is 16.3. The van der Waals surface area contributed by atoms with Crippen molar-refractivity contribution in [1.82, 2.24) is 9.80 Å². The predicted octanol–water partition coefficient (Wildman–Crippen LogP) is -2.85. The third kappa shape index (κ3) is 14.3. The molecule has 0 aliphatic rings. The molecule has 0 heterocycles. The molecule has 0 amide bonds. The molecule has 0 fully saturated rings. The molecular formula is C13H25N2NaO6. The summed E-state index contributed by atoms with van der Waals surface area (Å²) in [6.07, 6.45) is 2.87. The molecule has 0 spiro atoms. The van der Waals surface area contributed by atoms with Gasteiger partial charge < -0.3 is 16.7 Å². The number of nitrogens with zero attached hydrogens (tertiary/aromatic N) is 2. The van der Waals surface area contributed by atoms with E-state index in [0.717, 1.165) is 19.3 Å². The summed E-state index contributed by atoms with van der Waals surface area (Å²) in [6.45, 7) is 2.31. The summed E-state index contributed by atoms with van der Waals surface area (Å²) in [5.41, 5.74) is 0. The van der Waals surface area contributed by atoms with E-state index in [1.165, 1.54) is 4.90 Å². The molecule has 0 unspecified atom stereocenters. The first-order chi connectivity index (χ1) is 9.85. The molecule has 0 saturated carbocycles. The van der Waals surface area contributed by atoms with Gasteiger partial charge in [-0.05, 0) is 13.0 Å². The molecule has 0 aliphatic carbocycles. The van der Waals surface area contributed by atoms with E-state index in [9.17, 15) is 14.4 Å². The number of hydrogen-bond acceptors (Lipinski definition) is 5. The van der Waals surface area contributed by atoms with E-state index in [1.807, 2.05) is 6.92 Å². The van der Waals surface area contributed by atoms with Crippen molar-refractivity contribution in [1.29, 1.82) is 0 Å². The topological polar surface area (TPSA) is 118 Å². The van der Waals surface area contributed by atoms with Crippen LogP contribution in [-0.2, 0) is 14.4 Å². The van der Waals surface area contributed by atoms with Crippen molar-refractivity contribution in [2.45, 2.75) is 26.2 Å². The Labute approximate surface area is 153 Å². The Morgan fingerprint density at radius 2 is 1.18 bits per heavy atom. The monoisotopic (exact) mass is 328 g/mol. The van der Waals surface area contributed by atoms with Gasteiger partial charge in [-0.2, -0.15) is 0 Å². The van der Waals surface area contributed by atoms with Gasteiger partial charge in [-0.1, -0.05) is 19.8 Å². The summed E-state index contributed by atoms with van der Waals surface area (Å²) >= 11 is 0. The molecule has 8 nitrogen and oxygen atoms in total. The number of hydrogen-bond donors (Lipinski definition) is 3. The fourth-order valence-corrected chi connectivity index (χ4v) is 1.93. The van der Waals surface area contributed by atoms with Crippen LogP contribution in [0.2, 0.25) is 0 Å². The van der Waals surface area contributed by atoms with Crippen LogP contribution in [0, 0.1) is 0 Å². The molecule has 0 radical (unpaired) electrons. The average Bonchev–Trinajstić information content (AvgIpc) is 2.33. The molecule has 22 heavy (non-hydrogen) atoms. The molecule has 3 N–H and O–H groups in total. The fourth-order valence-electron chi connectivity index (χ4n) is 1.93. The SMILES string of the molecule is CCCCCN(CCN(CC(=O)O)CC(=O)O)CC(=O)O.[H-].[Na+]. The maximum absolute atomic E-state index is 10.8. The van der Waals surface area contributed by atoms with E-state index in [2.05, 4.69) is 0 Å². The third-order valence-electron chi connectivity index (χ3n) is 2.89. The Kier molecular flexibility index (Phi) is 15.0. The number of rotatable bonds is 13. The molecule has 0 aromatic carbocycles. The van der Waals surface area contributed by atoms with Crippen molar-refractivity contribution in [2.75, 3.05) is 39.3 Å². The van der Waals surface area contributed by atoms with Crippen LogP contribution < -0.4 is 29.6 Å². The minimum absolute atomic E-state index is 0. The van der Waals surface area contributed by atoms with Crippen molar-refractivity contribution >= 4 is 17.9 Å². The normalized spacial score (nSPS) is 10.5. The van der Waals surface area contributed by atoms with E-state index < -0.39 is 17.9 Å². The number of carbonyl (C=O) groups is 3. The predicted molar refractivity (Wildman–Crippen MR) is 76.4 cm³/mol. The van der Waals surface area contributed by atoms with Crippen LogP contribution in [0.15, 0.2) is 0 Å². The Morgan fingerprint density at radius 3 is 1.59 bits per heavy atom. The zero-order valence-electron chi connectivity index (χ0n) is 14.3. The maximum Gasteiger partial charge on any atom is 1.00 e. The smallest absolute Gasteiger partial charge is 1.00 e. The van der Waals surface area contributed by atoms with Crippen molar-refractivity contribution in [3.8, 4) is 0 Å². The summed E-state index contributed by atoms with van der Waals surface area (Å²) in [5.74, 6) is -3.16. The average molecular weight is 328 g/mol. The van der Waals surface area contributed by atoms with Gasteiger partial charge in [0.25, 0.3) is 0 Å². The van der Waals surface area contributed by atoms with E-state index in [4.69, 9.17) is 15.3 Å². The summed E-state index contributed by atoms with van der Waals surface area (Å²) < 4.78 is 0. The fraction of sp³-hybridized carbons (Fsp3) is 0.769. The quantitative estimate of drug-likeness (QED) is 0.244. The van der Waals surface area contributed by atoms with Crippen LogP contribution in [-0.4, -0.2) is 82.3 Å². The minimum Gasteiger partial charge on any atom is -1.00 e. The van der Waals surface area contributed by atoms with Crippen LogP contribution in [0.5, 0.6) is 0 Å². The Morgan fingerprint density at radius 1 is 0.773 bits per heavy atom. The van der Waals surface area contributed by atoms with E-state index in [1.54, 1.807) is 4.90 Å². The largest absolute Gasteiger partial charge is 1.00 e. The molecule has 0 aliphatic heterocycles. The molecule has 0 aromatic rings. The van der Waals surface area contributed by atoms with Crippen molar-refractivity contribution in [2.24, 2.45) is 0 Å². The molecule has 0 bridgehead atoms. The van der Waals surface area contributed by atoms with Crippen LogP contribution in [0.4, 0.5) is 0 Å². The second-order valence-corrected chi connectivity index (χ2v) is 4.88. The van der Waals surface area contributed by atoms with Gasteiger partial charge in [-0.3, -0.25) is 24.2 Å². The van der Waals surface area contributed by atoms with Gasteiger partial charge >= 0.3 is 47.5 Å². The van der Waals surface area contributed by atoms with E-state index in [0.29, 0.717) is 13.1 Å². The Hall–Kier alpha value is -0.670. The van der Waals surface area contributed by atoms with Crippen LogP contribution in [0.1, 0.15) is 27.6 Å². The van der Waals surface area contributed by atoms with E-state index >= 15 is 0 Å². The van der Waals surface area contributed by atoms with Crippen molar-refractivity contribution in [3.05, 3.63) is 0 Å². The maximum atomic E-state index is 10.8. The van der Waals surface area contributed by atoms with Gasteiger partial charge in [0.05, 0.1) is 19.6 Å². The first-order valence-corrected chi connectivity index (χ1v) is 6.95. The summed E-state index contributed by atoms with van der Waals surface area (Å²) in [5, 5.41) is 26.3. The van der Waals surface area contributed by atoms with Gasteiger partial charge in [0, 0.05) is 13.1 Å². The number of unbranched alkanes of at least 4 members (excludes halogenated alkanes) is 2. The summed E-state index contributed by atoms with van der Waals surface area (Å²) in [4.78, 5) is 35.1. The summed E-state index contributed by atoms with van der Waals surface area (Å²) in [7, 11) is 0. The third-order valence-corrected chi connectivity index (χ3v) is 2.89. The first-order valence-electron chi connectivity index (χ1n) is 6.95. The van der Waals surface area contributed by atoms with Crippen LogP contribution in [0.3, 0.4) is 0 Å². The first kappa shape index (κ1) is 23.6. The van der Waals surface area contributed by atoms with Crippen LogP contribution >= 0.6 is 0 Å². The Balaban J connectivity index is -0.00000200. The number of carboxylic acid groups (broad SMARTS) is 3. The van der Waals surface area contributed by atoms with Crippen molar-refractivity contribution < 1.29 is 60.7 Å². The molecule has 0 aromatic heterocycles. The molecule has 124 valence electrons. The number of aliphatic carboxylic acids is 3. The Bertz CT molecular complexity index is 343. The molecule has 0 saturated heterocycles. The zero-order valence-corrected chi connectivity index (χ0v) is 15.3. The second kappa shape index (κ2) is 14.0. The molecular weight excluding hydrogens is 303 g/mol. The number of carboxylic acids is 3. The van der Waals surface area contributed by atoms with Gasteiger partial charge in [-0.25, -0.2) is 0 Å². The van der Waals surface area contributed by atoms with Crippen molar-refractivity contribution in [3.63, 3.8) is 0 Å². The minimum atomic E-state index is -1.10. The molecule has 0 atom stereocenters. The van der Waals surface area contributed by atoms with Gasteiger partial charge in [0.1, 0.15) is 0 Å². The van der Waals surface area contributed by atoms with Crippen LogP contribution in [0.25, 0.3) is 0 Å². The standard InChI is InChI=1S/C13H24N2O6.Na.H/c1-2-3-4-5-14(8-11(16)17)6-7-15(9-12(18)19)10-13(20)21;;/h2-10H2,1H3,(H,16,17)(H,18,19)(H,20,21);;/q;+1;-1. The van der Waals surface area contributed by atoms with Gasteiger partial charge in [-0.15, -0.1) is 0 Å². The molecule has 0 rings (SSSR count). The summed E-state index contributed by atoms with van der Waals surface area (Å²) in [6, 6.07) is 0. The second-order valence-electron chi connectivity index (χ2n) is 4.88. The van der Waals surface area contributed by atoms with E-state index in [-0.39, 0.29) is 57.2 Å². The van der Waals surface area contributed by atoms with Gasteiger partial charge in [0.2, 0.25) is 0 Å². The molecule has 9 heteroatoms.